The first-order valence-corrected chi connectivity index (χ1v) is 13.6. The van der Waals surface area contributed by atoms with Crippen molar-refractivity contribution in [3.05, 3.63) is 28.8 Å². The average molecular weight is 501 g/mol. The molecule has 1 aromatic rings. The number of halogens is 1. The number of hydrogen-bond donors (Lipinski definition) is 2. The molecule has 6 nitrogen and oxygen atoms in total. The monoisotopic (exact) mass is 500 g/mol. The fourth-order valence-electron chi connectivity index (χ4n) is 6.79. The van der Waals surface area contributed by atoms with Crippen LogP contribution in [-0.2, 0) is 14.4 Å². The Balaban J connectivity index is 1.33. The molecule has 2 unspecified atom stereocenters. The number of carbonyl (C=O) groups excluding carboxylic acids is 1. The van der Waals surface area contributed by atoms with Gasteiger partial charge in [0, 0.05) is 17.8 Å². The van der Waals surface area contributed by atoms with E-state index in [0.29, 0.717) is 41.3 Å². The van der Waals surface area contributed by atoms with Gasteiger partial charge in [-0.15, -0.1) is 0 Å². The minimum absolute atomic E-state index is 0.0834. The van der Waals surface area contributed by atoms with Gasteiger partial charge in [0.15, 0.2) is 0 Å². The number of rotatable bonds is 8. The predicted octanol–water partition coefficient (Wildman–Crippen LogP) is 6.17. The standard InChI is InChI=1S/C28H37ClN2O4/c1-14(2)8-16-10-18(11-16)26-24(17-5-6-17)25(31-35-26)20-12-19(28(33)34)13-21(20)27(32)30-23-7-4-15(3)9-22(23)29/h4,7,9,14,16-21,24,26H,5-6,8,10-13H2,1-3H3,(H,30,32)(H,33,34)/t16?,18?,19-,20+,21+,24?,26?/m1/s1. The molecule has 4 aliphatic rings. The van der Waals surface area contributed by atoms with Gasteiger partial charge in [0.25, 0.3) is 0 Å². The summed E-state index contributed by atoms with van der Waals surface area (Å²) in [4.78, 5) is 31.5. The van der Waals surface area contributed by atoms with Gasteiger partial charge in [-0.05, 0) is 93.2 Å². The second-order valence-electron chi connectivity index (χ2n) is 11.9. The van der Waals surface area contributed by atoms with Crippen molar-refractivity contribution >= 4 is 34.9 Å². The Morgan fingerprint density at radius 1 is 1.17 bits per heavy atom. The summed E-state index contributed by atoms with van der Waals surface area (Å²) in [7, 11) is 0. The summed E-state index contributed by atoms with van der Waals surface area (Å²) < 4.78 is 0. The van der Waals surface area contributed by atoms with Crippen molar-refractivity contribution in [2.75, 3.05) is 5.32 Å². The molecule has 1 aliphatic heterocycles. The normalized spacial score (nSPS) is 34.3. The van der Waals surface area contributed by atoms with E-state index in [2.05, 4.69) is 24.3 Å². The van der Waals surface area contributed by atoms with E-state index in [1.54, 1.807) is 6.07 Å². The molecule has 0 radical (unpaired) electrons. The Hall–Kier alpha value is -2.08. The number of carboxylic acid groups (broad SMARTS) is 1. The number of nitrogens with zero attached hydrogens (tertiary/aromatic N) is 1. The first-order valence-electron chi connectivity index (χ1n) is 13.2. The zero-order chi connectivity index (χ0) is 24.9. The molecular formula is C28H37ClN2O4. The molecule has 0 bridgehead atoms. The number of aliphatic carboxylic acids is 1. The van der Waals surface area contributed by atoms with E-state index in [1.165, 1.54) is 19.3 Å². The fourth-order valence-corrected chi connectivity index (χ4v) is 7.08. The Labute approximate surface area is 212 Å². The van der Waals surface area contributed by atoms with Crippen molar-refractivity contribution in [1.82, 2.24) is 0 Å². The van der Waals surface area contributed by atoms with E-state index in [9.17, 15) is 14.7 Å². The Morgan fingerprint density at radius 3 is 2.54 bits per heavy atom. The van der Waals surface area contributed by atoms with Gasteiger partial charge < -0.3 is 15.3 Å². The van der Waals surface area contributed by atoms with Crippen LogP contribution in [0.25, 0.3) is 0 Å². The van der Waals surface area contributed by atoms with Crippen LogP contribution in [0.3, 0.4) is 0 Å². The van der Waals surface area contributed by atoms with Gasteiger partial charge in [-0.2, -0.15) is 0 Å². The van der Waals surface area contributed by atoms with Crippen molar-refractivity contribution in [3.8, 4) is 0 Å². The minimum Gasteiger partial charge on any atom is -0.481 e. The van der Waals surface area contributed by atoms with E-state index < -0.39 is 17.8 Å². The first-order chi connectivity index (χ1) is 16.7. The fraction of sp³-hybridized carbons (Fsp3) is 0.679. The lowest BCUT2D eigenvalue weighted by Crippen LogP contribution is -2.42. The Morgan fingerprint density at radius 2 is 1.91 bits per heavy atom. The summed E-state index contributed by atoms with van der Waals surface area (Å²) in [6.07, 6.45) is 6.80. The van der Waals surface area contributed by atoms with Crippen molar-refractivity contribution in [2.45, 2.75) is 71.8 Å². The molecule has 35 heavy (non-hydrogen) atoms. The van der Waals surface area contributed by atoms with Crippen molar-refractivity contribution in [3.63, 3.8) is 0 Å². The number of aryl methyl sites for hydroxylation is 1. The Kier molecular flexibility index (Phi) is 6.86. The van der Waals surface area contributed by atoms with Crippen LogP contribution in [-0.4, -0.2) is 28.8 Å². The van der Waals surface area contributed by atoms with Crippen LogP contribution in [0.2, 0.25) is 5.02 Å². The number of nitrogens with one attached hydrogen (secondary N) is 1. The van der Waals surface area contributed by atoms with Crippen LogP contribution in [0.1, 0.15) is 64.4 Å². The number of carbonyl (C=O) groups is 2. The number of anilines is 1. The van der Waals surface area contributed by atoms with E-state index in [-0.39, 0.29) is 23.8 Å². The molecule has 0 aromatic heterocycles. The molecule has 1 amide bonds. The third-order valence-electron chi connectivity index (χ3n) is 8.66. The zero-order valence-corrected chi connectivity index (χ0v) is 21.6. The molecule has 3 saturated carbocycles. The number of hydrogen-bond acceptors (Lipinski definition) is 4. The van der Waals surface area contributed by atoms with Gasteiger partial charge in [-0.1, -0.05) is 36.7 Å². The number of carboxylic acids is 1. The van der Waals surface area contributed by atoms with Crippen LogP contribution in [0.15, 0.2) is 23.4 Å². The van der Waals surface area contributed by atoms with Crippen LogP contribution in [0.5, 0.6) is 0 Å². The van der Waals surface area contributed by atoms with Crippen LogP contribution in [0, 0.1) is 54.3 Å². The van der Waals surface area contributed by atoms with Gasteiger partial charge in [-0.25, -0.2) is 0 Å². The summed E-state index contributed by atoms with van der Waals surface area (Å²) in [5.41, 5.74) is 2.52. The molecule has 190 valence electrons. The third-order valence-corrected chi connectivity index (χ3v) is 8.97. The van der Waals surface area contributed by atoms with Crippen molar-refractivity contribution in [1.29, 1.82) is 0 Å². The van der Waals surface area contributed by atoms with Gasteiger partial charge in [0.2, 0.25) is 5.91 Å². The third kappa shape index (κ3) is 5.09. The van der Waals surface area contributed by atoms with E-state index in [1.807, 2.05) is 19.1 Å². The first kappa shape index (κ1) is 24.6. The van der Waals surface area contributed by atoms with E-state index in [0.717, 1.165) is 30.0 Å². The molecule has 2 N–H and O–H groups in total. The number of amides is 1. The van der Waals surface area contributed by atoms with Gasteiger partial charge in [0.1, 0.15) is 6.10 Å². The van der Waals surface area contributed by atoms with Gasteiger partial charge >= 0.3 is 5.97 Å². The molecule has 0 spiro atoms. The van der Waals surface area contributed by atoms with Crippen molar-refractivity contribution < 1.29 is 19.5 Å². The highest BCUT2D eigenvalue weighted by atomic mass is 35.5. The lowest BCUT2D eigenvalue weighted by molar-refractivity contribution is -0.141. The molecular weight excluding hydrogens is 464 g/mol. The quantitative estimate of drug-likeness (QED) is 0.447. The highest BCUT2D eigenvalue weighted by Gasteiger charge is 2.55. The second-order valence-corrected chi connectivity index (χ2v) is 12.3. The minimum atomic E-state index is -0.840. The maximum Gasteiger partial charge on any atom is 0.306 e. The summed E-state index contributed by atoms with van der Waals surface area (Å²) in [5, 5.41) is 17.9. The average Bonchev–Trinajstić information content (AvgIpc) is 3.35. The van der Waals surface area contributed by atoms with E-state index >= 15 is 0 Å². The molecule has 5 atom stereocenters. The Bertz CT molecular complexity index is 1010. The number of oxime groups is 1. The highest BCUT2D eigenvalue weighted by molar-refractivity contribution is 6.33. The molecule has 3 aliphatic carbocycles. The molecule has 7 heteroatoms. The summed E-state index contributed by atoms with van der Waals surface area (Å²) >= 11 is 6.36. The topological polar surface area (TPSA) is 88.0 Å². The summed E-state index contributed by atoms with van der Waals surface area (Å²) in [6.45, 7) is 6.50. The molecule has 0 saturated heterocycles. The second kappa shape index (κ2) is 9.76. The van der Waals surface area contributed by atoms with Crippen LogP contribution in [0.4, 0.5) is 5.69 Å². The maximum absolute atomic E-state index is 13.4. The van der Waals surface area contributed by atoms with Crippen LogP contribution < -0.4 is 5.32 Å². The van der Waals surface area contributed by atoms with Gasteiger partial charge in [-0.3, -0.25) is 9.59 Å². The SMILES string of the molecule is Cc1ccc(NC(=O)[C@H]2C[C@H](C(=O)O)C[C@@H]2C2=NOC(C3CC(CC(C)C)C3)C2C2CC2)c(Cl)c1. The lowest BCUT2D eigenvalue weighted by atomic mass is 9.65. The van der Waals surface area contributed by atoms with Crippen LogP contribution >= 0.6 is 11.6 Å². The van der Waals surface area contributed by atoms with Gasteiger partial charge in [0.05, 0.1) is 22.3 Å². The number of benzene rings is 1. The van der Waals surface area contributed by atoms with E-state index in [4.69, 9.17) is 16.4 Å². The molecule has 1 aromatic carbocycles. The summed E-state index contributed by atoms with van der Waals surface area (Å²) in [6, 6.07) is 5.52. The van der Waals surface area contributed by atoms with Crippen molar-refractivity contribution in [2.24, 2.45) is 52.5 Å². The lowest BCUT2D eigenvalue weighted by Gasteiger charge is -2.41. The largest absolute Gasteiger partial charge is 0.481 e. The zero-order valence-electron chi connectivity index (χ0n) is 20.9. The maximum atomic E-state index is 13.4. The predicted molar refractivity (Wildman–Crippen MR) is 136 cm³/mol. The smallest absolute Gasteiger partial charge is 0.306 e. The highest BCUT2D eigenvalue weighted by Crippen LogP contribution is 2.53. The molecule has 3 fully saturated rings. The molecule has 1 heterocycles. The molecule has 5 rings (SSSR count). The summed E-state index contributed by atoms with van der Waals surface area (Å²) in [5.74, 6) is 0.538.